The summed E-state index contributed by atoms with van der Waals surface area (Å²) in [5, 5.41) is 2.62. The van der Waals surface area contributed by atoms with Gasteiger partial charge >= 0.3 is 0 Å². The number of nitrogens with one attached hydrogen (secondary N) is 2. The summed E-state index contributed by atoms with van der Waals surface area (Å²) in [7, 11) is 0. The number of hydrogen-bond donors (Lipinski definition) is 2. The Morgan fingerprint density at radius 2 is 1.59 bits per heavy atom. The van der Waals surface area contributed by atoms with E-state index in [1.165, 1.54) is 49.7 Å². The van der Waals surface area contributed by atoms with Crippen molar-refractivity contribution in [3.8, 4) is 0 Å². The molecule has 3 heterocycles. The summed E-state index contributed by atoms with van der Waals surface area (Å²) in [4.78, 5) is 11.8. The molecule has 0 saturated heterocycles. The molecule has 188 valence electrons. The van der Waals surface area contributed by atoms with Gasteiger partial charge < -0.3 is 14.5 Å². The van der Waals surface area contributed by atoms with Crippen LogP contribution in [0.2, 0.25) is 0 Å². The maximum absolute atomic E-state index is 4.62. The number of imidazole rings is 1. The molecule has 2 unspecified atom stereocenters. The van der Waals surface area contributed by atoms with Crippen molar-refractivity contribution in [2.75, 3.05) is 0 Å². The summed E-state index contributed by atoms with van der Waals surface area (Å²) in [5.41, 5.74) is 10.1. The van der Waals surface area contributed by atoms with E-state index in [2.05, 4.69) is 127 Å². The maximum atomic E-state index is 4.62. The van der Waals surface area contributed by atoms with Crippen molar-refractivity contribution >= 4 is 32.8 Å². The first-order valence-electron chi connectivity index (χ1n) is 13.4. The van der Waals surface area contributed by atoms with Crippen LogP contribution in [0.4, 0.5) is 0 Å². The van der Waals surface area contributed by atoms with Crippen molar-refractivity contribution in [3.05, 3.63) is 102 Å². The molecule has 4 heteroatoms. The average Bonchev–Trinajstić information content (AvgIpc) is 3.59. The maximum Gasteiger partial charge on any atom is 0.0963 e. The highest BCUT2D eigenvalue weighted by molar-refractivity contribution is 5.85. The SMILES string of the molecule is CC(Cc1ccc2[nH]cc(C(C)Cc3ccc4ncn(C(C)(C)C)c4c3)c2c1)c1cc2ccccc2[nH]1. The first-order chi connectivity index (χ1) is 17.8. The van der Waals surface area contributed by atoms with Crippen LogP contribution in [0.1, 0.15) is 68.8 Å². The molecular weight excluding hydrogens is 452 g/mol. The van der Waals surface area contributed by atoms with Crippen molar-refractivity contribution < 1.29 is 0 Å². The van der Waals surface area contributed by atoms with E-state index in [-0.39, 0.29) is 5.54 Å². The van der Waals surface area contributed by atoms with Gasteiger partial charge in [-0.05, 0) is 98.0 Å². The molecule has 2 N–H and O–H groups in total. The molecule has 0 spiro atoms. The highest BCUT2D eigenvalue weighted by atomic mass is 15.1. The fourth-order valence-electron chi connectivity index (χ4n) is 5.73. The Labute approximate surface area is 218 Å². The third-order valence-electron chi connectivity index (χ3n) is 7.81. The number of benzene rings is 3. The van der Waals surface area contributed by atoms with Crippen LogP contribution in [0.25, 0.3) is 32.8 Å². The van der Waals surface area contributed by atoms with Gasteiger partial charge in [-0.3, -0.25) is 0 Å². The zero-order valence-electron chi connectivity index (χ0n) is 22.5. The van der Waals surface area contributed by atoms with E-state index in [9.17, 15) is 0 Å². The lowest BCUT2D eigenvalue weighted by atomic mass is 9.91. The molecule has 0 aliphatic rings. The number of aromatic nitrogens is 4. The first-order valence-corrected chi connectivity index (χ1v) is 13.4. The van der Waals surface area contributed by atoms with Crippen LogP contribution in [0.15, 0.2) is 79.3 Å². The number of para-hydroxylation sites is 1. The third kappa shape index (κ3) is 4.46. The molecule has 4 nitrogen and oxygen atoms in total. The molecular formula is C33H36N4. The van der Waals surface area contributed by atoms with Gasteiger partial charge in [0.25, 0.3) is 0 Å². The van der Waals surface area contributed by atoms with Crippen LogP contribution < -0.4 is 0 Å². The lowest BCUT2D eigenvalue weighted by Crippen LogP contribution is -2.20. The normalized spacial score (nSPS) is 14.1. The minimum absolute atomic E-state index is 0.0101. The topological polar surface area (TPSA) is 49.4 Å². The number of fused-ring (bicyclic) bond motifs is 3. The van der Waals surface area contributed by atoms with Crippen LogP contribution in [0.3, 0.4) is 0 Å². The molecule has 0 fully saturated rings. The van der Waals surface area contributed by atoms with E-state index in [0.29, 0.717) is 11.8 Å². The predicted octanol–water partition coefficient (Wildman–Crippen LogP) is 8.45. The van der Waals surface area contributed by atoms with Gasteiger partial charge in [0.05, 0.1) is 17.4 Å². The van der Waals surface area contributed by atoms with Crippen molar-refractivity contribution in [3.63, 3.8) is 0 Å². The molecule has 3 aromatic heterocycles. The van der Waals surface area contributed by atoms with Gasteiger partial charge in [0.15, 0.2) is 0 Å². The van der Waals surface area contributed by atoms with Crippen LogP contribution in [-0.4, -0.2) is 19.5 Å². The van der Waals surface area contributed by atoms with Gasteiger partial charge in [0.1, 0.15) is 0 Å². The number of hydrogen-bond acceptors (Lipinski definition) is 1. The van der Waals surface area contributed by atoms with Gasteiger partial charge in [-0.1, -0.05) is 44.2 Å². The molecule has 6 rings (SSSR count). The smallest absolute Gasteiger partial charge is 0.0963 e. The monoisotopic (exact) mass is 488 g/mol. The van der Waals surface area contributed by atoms with E-state index in [4.69, 9.17) is 0 Å². The molecule has 37 heavy (non-hydrogen) atoms. The lowest BCUT2D eigenvalue weighted by molar-refractivity contribution is 0.408. The number of H-pyrrole nitrogens is 2. The number of aromatic amines is 2. The molecule has 0 aliphatic heterocycles. The Bertz CT molecular complexity index is 1670. The van der Waals surface area contributed by atoms with Crippen molar-refractivity contribution in [2.24, 2.45) is 0 Å². The zero-order valence-corrected chi connectivity index (χ0v) is 22.5. The largest absolute Gasteiger partial charge is 0.361 e. The van der Waals surface area contributed by atoms with Gasteiger partial charge in [-0.25, -0.2) is 4.98 Å². The minimum Gasteiger partial charge on any atom is -0.361 e. The summed E-state index contributed by atoms with van der Waals surface area (Å²) in [5.74, 6) is 0.822. The van der Waals surface area contributed by atoms with Gasteiger partial charge in [-0.2, -0.15) is 0 Å². The van der Waals surface area contributed by atoms with E-state index in [1.807, 2.05) is 6.33 Å². The van der Waals surface area contributed by atoms with Gasteiger partial charge in [0, 0.05) is 39.8 Å². The summed E-state index contributed by atoms with van der Waals surface area (Å²) < 4.78 is 2.28. The predicted molar refractivity (Wildman–Crippen MR) is 156 cm³/mol. The highest BCUT2D eigenvalue weighted by Gasteiger charge is 2.18. The first kappa shape index (κ1) is 23.6. The molecule has 0 amide bonds. The second-order valence-corrected chi connectivity index (χ2v) is 11.8. The Morgan fingerprint density at radius 1 is 0.838 bits per heavy atom. The van der Waals surface area contributed by atoms with Gasteiger partial charge in [0.2, 0.25) is 0 Å². The molecule has 0 saturated carbocycles. The third-order valence-corrected chi connectivity index (χ3v) is 7.81. The lowest BCUT2D eigenvalue weighted by Gasteiger charge is -2.22. The Kier molecular flexibility index (Phi) is 5.71. The van der Waals surface area contributed by atoms with E-state index < -0.39 is 0 Å². The van der Waals surface area contributed by atoms with E-state index >= 15 is 0 Å². The van der Waals surface area contributed by atoms with Crippen LogP contribution in [-0.2, 0) is 18.4 Å². The quantitative estimate of drug-likeness (QED) is 0.243. The Hall–Kier alpha value is -3.79. The summed E-state index contributed by atoms with van der Waals surface area (Å²) in [6.07, 6.45) is 6.18. The van der Waals surface area contributed by atoms with Gasteiger partial charge in [-0.15, -0.1) is 0 Å². The molecule has 0 aliphatic carbocycles. The van der Waals surface area contributed by atoms with E-state index in [1.54, 1.807) is 0 Å². The molecule has 0 radical (unpaired) electrons. The fraction of sp³-hybridized carbons (Fsp3) is 0.303. The minimum atomic E-state index is 0.0101. The van der Waals surface area contributed by atoms with Crippen molar-refractivity contribution in [1.29, 1.82) is 0 Å². The summed E-state index contributed by atoms with van der Waals surface area (Å²) in [6.45, 7) is 11.3. The molecule has 3 aromatic carbocycles. The van der Waals surface area contributed by atoms with Crippen LogP contribution in [0.5, 0.6) is 0 Å². The molecule has 6 aromatic rings. The zero-order chi connectivity index (χ0) is 25.7. The summed E-state index contributed by atoms with van der Waals surface area (Å²) in [6, 6.07) is 24.5. The van der Waals surface area contributed by atoms with Crippen LogP contribution >= 0.6 is 0 Å². The highest BCUT2D eigenvalue weighted by Crippen LogP contribution is 2.32. The Morgan fingerprint density at radius 3 is 2.41 bits per heavy atom. The Balaban J connectivity index is 1.25. The van der Waals surface area contributed by atoms with Crippen molar-refractivity contribution in [2.45, 2.75) is 64.8 Å². The van der Waals surface area contributed by atoms with Crippen LogP contribution in [0, 0.1) is 0 Å². The molecule has 2 atom stereocenters. The second-order valence-electron chi connectivity index (χ2n) is 11.8. The molecule has 0 bridgehead atoms. The number of rotatable bonds is 6. The van der Waals surface area contributed by atoms with E-state index in [0.717, 1.165) is 18.4 Å². The number of nitrogens with zero attached hydrogens (tertiary/aromatic N) is 2. The van der Waals surface area contributed by atoms with Crippen molar-refractivity contribution in [1.82, 2.24) is 19.5 Å². The fourth-order valence-corrected chi connectivity index (χ4v) is 5.73. The standard InChI is InChI=1S/C33H36N4/c1-21(14-24-11-13-30-32(17-24)37(20-35-30)33(3,4)5)27-19-34-29-12-10-23(16-26(27)29)15-22(2)31-18-25-8-6-7-9-28(25)36-31/h6-13,16-22,34,36H,14-15H2,1-5H3. The average molecular weight is 489 g/mol. The summed E-state index contributed by atoms with van der Waals surface area (Å²) >= 11 is 0. The second kappa shape index (κ2) is 8.95.